The minimum absolute atomic E-state index is 0.121. The van der Waals surface area contributed by atoms with Crippen molar-refractivity contribution in [1.29, 1.82) is 0 Å². The normalized spacial score (nSPS) is 11.4. The number of hydrogen-bond donors (Lipinski definition) is 2. The van der Waals surface area contributed by atoms with E-state index in [1.165, 1.54) is 4.68 Å². The molecule has 0 aliphatic carbocycles. The second kappa shape index (κ2) is 7.97. The van der Waals surface area contributed by atoms with Crippen LogP contribution < -0.4 is 5.56 Å². The third-order valence-electron chi connectivity index (χ3n) is 4.60. The molecule has 7 heteroatoms. The molecule has 2 N–H and O–H groups in total. The van der Waals surface area contributed by atoms with Gasteiger partial charge >= 0.3 is 0 Å². The van der Waals surface area contributed by atoms with Crippen molar-refractivity contribution in [1.82, 2.24) is 20.0 Å². The van der Waals surface area contributed by atoms with E-state index in [4.69, 9.17) is 0 Å². The van der Waals surface area contributed by atoms with E-state index in [2.05, 4.69) is 20.3 Å². The number of aromatic amines is 2. The molecule has 0 fully saturated rings. The highest BCUT2D eigenvalue weighted by Crippen LogP contribution is 2.37. The third-order valence-corrected chi connectivity index (χ3v) is 5.97. The van der Waals surface area contributed by atoms with Crippen molar-refractivity contribution in [3.05, 3.63) is 87.6 Å². The maximum Gasteiger partial charge on any atom is 0.280 e. The van der Waals surface area contributed by atoms with E-state index < -0.39 is 0 Å². The molecule has 0 atom stereocenters. The van der Waals surface area contributed by atoms with Crippen LogP contribution in [0.25, 0.3) is 5.69 Å². The summed E-state index contributed by atoms with van der Waals surface area (Å²) in [7, 11) is 0. The number of benzene rings is 2. The molecule has 146 valence electrons. The van der Waals surface area contributed by atoms with Crippen molar-refractivity contribution in [3.63, 3.8) is 0 Å². The van der Waals surface area contributed by atoms with Crippen molar-refractivity contribution in [2.75, 3.05) is 0 Å². The summed E-state index contributed by atoms with van der Waals surface area (Å²) in [5.74, 6) is 0. The molecule has 4 aromatic rings. The van der Waals surface area contributed by atoms with E-state index in [0.717, 1.165) is 38.2 Å². The topological polar surface area (TPSA) is 78.8 Å². The molecule has 0 saturated carbocycles. The van der Waals surface area contributed by atoms with Gasteiger partial charge in [0, 0.05) is 22.5 Å². The summed E-state index contributed by atoms with van der Waals surface area (Å²) >= 11 is 1.62. The van der Waals surface area contributed by atoms with E-state index in [1.807, 2.05) is 75.4 Å². The average molecular weight is 404 g/mol. The summed E-state index contributed by atoms with van der Waals surface area (Å²) in [6.45, 7) is 5.86. The van der Waals surface area contributed by atoms with Crippen LogP contribution in [-0.4, -0.2) is 26.2 Å². The van der Waals surface area contributed by atoms with Crippen molar-refractivity contribution >= 4 is 23.7 Å². The standard InChI is InChI=1S/C22H21N5OS/c1-14-18(22(28)27(26-14)17-9-5-4-6-10-17)13-23-19-11-7-8-12-20(19)29-21-15(2)24-25-16(21)3/h4-13,26H,1-3H3,(H,24,25). The minimum atomic E-state index is -0.121. The molecule has 0 bridgehead atoms. The zero-order valence-corrected chi connectivity index (χ0v) is 17.2. The fourth-order valence-electron chi connectivity index (χ4n) is 3.06. The van der Waals surface area contributed by atoms with Crippen LogP contribution in [0.5, 0.6) is 0 Å². The summed E-state index contributed by atoms with van der Waals surface area (Å²) in [4.78, 5) is 19.6. The Hall–Kier alpha value is -3.32. The average Bonchev–Trinajstić information content (AvgIpc) is 3.20. The zero-order chi connectivity index (χ0) is 20.4. The van der Waals surface area contributed by atoms with Gasteiger partial charge in [-0.1, -0.05) is 42.1 Å². The second-order valence-electron chi connectivity index (χ2n) is 6.72. The SMILES string of the molecule is Cc1n[nH]c(C)c1Sc1ccccc1N=Cc1c(C)[nH]n(-c2ccccc2)c1=O. The Balaban J connectivity index is 1.68. The molecule has 0 radical (unpaired) electrons. The molecule has 29 heavy (non-hydrogen) atoms. The van der Waals surface area contributed by atoms with Crippen LogP contribution in [0.3, 0.4) is 0 Å². The van der Waals surface area contributed by atoms with Crippen LogP contribution in [0.15, 0.2) is 74.2 Å². The molecule has 0 amide bonds. The first-order chi connectivity index (χ1) is 14.0. The highest BCUT2D eigenvalue weighted by Gasteiger charge is 2.12. The maximum atomic E-state index is 12.9. The maximum absolute atomic E-state index is 12.9. The van der Waals surface area contributed by atoms with Crippen molar-refractivity contribution in [2.24, 2.45) is 4.99 Å². The van der Waals surface area contributed by atoms with Gasteiger partial charge in [0.25, 0.3) is 5.56 Å². The van der Waals surface area contributed by atoms with Crippen LogP contribution >= 0.6 is 11.8 Å². The van der Waals surface area contributed by atoms with Gasteiger partial charge in [0.05, 0.1) is 27.5 Å². The molecule has 6 nitrogen and oxygen atoms in total. The van der Waals surface area contributed by atoms with Gasteiger partial charge in [-0.2, -0.15) is 5.10 Å². The smallest absolute Gasteiger partial charge is 0.280 e. The molecule has 0 unspecified atom stereocenters. The lowest BCUT2D eigenvalue weighted by atomic mass is 10.2. The van der Waals surface area contributed by atoms with Gasteiger partial charge < -0.3 is 0 Å². The van der Waals surface area contributed by atoms with Crippen LogP contribution in [0.2, 0.25) is 0 Å². The highest BCUT2D eigenvalue weighted by atomic mass is 32.2. The van der Waals surface area contributed by atoms with Crippen LogP contribution in [0.1, 0.15) is 22.6 Å². The largest absolute Gasteiger partial charge is 0.295 e. The third kappa shape index (κ3) is 3.82. The number of hydrogen-bond acceptors (Lipinski definition) is 4. The quantitative estimate of drug-likeness (QED) is 0.474. The summed E-state index contributed by atoms with van der Waals surface area (Å²) in [6.07, 6.45) is 1.64. The number of aromatic nitrogens is 4. The summed E-state index contributed by atoms with van der Waals surface area (Å²) in [5, 5.41) is 10.4. The molecule has 0 aliphatic rings. The van der Waals surface area contributed by atoms with Gasteiger partial charge in [-0.05, 0) is 45.0 Å². The summed E-state index contributed by atoms with van der Waals surface area (Å²) in [5.41, 5.74) is 4.78. The Morgan fingerprint density at radius 3 is 2.45 bits per heavy atom. The van der Waals surface area contributed by atoms with Gasteiger partial charge in [-0.15, -0.1) is 0 Å². The molecule has 0 spiro atoms. The van der Waals surface area contributed by atoms with Crippen molar-refractivity contribution < 1.29 is 0 Å². The lowest BCUT2D eigenvalue weighted by molar-refractivity contribution is 0.835. The molecule has 2 heterocycles. The van der Waals surface area contributed by atoms with E-state index in [1.54, 1.807) is 18.0 Å². The first kappa shape index (κ1) is 19.0. The van der Waals surface area contributed by atoms with Gasteiger partial charge in [0.2, 0.25) is 0 Å². The van der Waals surface area contributed by atoms with Crippen LogP contribution in [0, 0.1) is 20.8 Å². The number of rotatable bonds is 5. The first-order valence-corrected chi connectivity index (χ1v) is 10.1. The predicted molar refractivity (Wildman–Crippen MR) is 117 cm³/mol. The van der Waals surface area contributed by atoms with Crippen molar-refractivity contribution in [2.45, 2.75) is 30.6 Å². The number of nitrogens with zero attached hydrogens (tertiary/aromatic N) is 3. The lowest BCUT2D eigenvalue weighted by Crippen LogP contribution is -2.17. The van der Waals surface area contributed by atoms with Gasteiger partial charge in [-0.3, -0.25) is 20.0 Å². The number of H-pyrrole nitrogens is 2. The Morgan fingerprint density at radius 1 is 1.00 bits per heavy atom. The molecule has 2 aromatic heterocycles. The number of aliphatic imine (C=N–C) groups is 1. The summed E-state index contributed by atoms with van der Waals surface area (Å²) < 4.78 is 1.54. The van der Waals surface area contributed by atoms with Gasteiger partial charge in [0.15, 0.2) is 0 Å². The molecule has 2 aromatic carbocycles. The second-order valence-corrected chi connectivity index (χ2v) is 7.77. The predicted octanol–water partition coefficient (Wildman–Crippen LogP) is 4.72. The van der Waals surface area contributed by atoms with Crippen molar-refractivity contribution in [3.8, 4) is 5.69 Å². The Morgan fingerprint density at radius 2 is 1.72 bits per heavy atom. The molecule has 0 saturated heterocycles. The molecule has 0 aliphatic heterocycles. The molecule has 4 rings (SSSR count). The monoisotopic (exact) mass is 403 g/mol. The zero-order valence-electron chi connectivity index (χ0n) is 16.4. The van der Waals surface area contributed by atoms with Gasteiger partial charge in [-0.25, -0.2) is 4.68 Å². The Kier molecular flexibility index (Phi) is 5.22. The first-order valence-electron chi connectivity index (χ1n) is 9.24. The molecular weight excluding hydrogens is 382 g/mol. The number of aryl methyl sites for hydroxylation is 3. The van der Waals surface area contributed by atoms with Crippen LogP contribution in [-0.2, 0) is 0 Å². The summed E-state index contributed by atoms with van der Waals surface area (Å²) in [6, 6.07) is 17.4. The highest BCUT2D eigenvalue weighted by molar-refractivity contribution is 7.99. The molecular formula is C22H21N5OS. The fourth-order valence-corrected chi connectivity index (χ4v) is 4.04. The van der Waals surface area contributed by atoms with E-state index >= 15 is 0 Å². The Bertz CT molecular complexity index is 1210. The lowest BCUT2D eigenvalue weighted by Gasteiger charge is -2.05. The number of para-hydroxylation sites is 2. The Labute approximate surface area is 172 Å². The minimum Gasteiger partial charge on any atom is -0.295 e. The van der Waals surface area contributed by atoms with E-state index in [9.17, 15) is 4.79 Å². The fraction of sp³-hybridized carbons (Fsp3) is 0.136. The van der Waals surface area contributed by atoms with Gasteiger partial charge in [0.1, 0.15) is 0 Å². The van der Waals surface area contributed by atoms with E-state index in [0.29, 0.717) is 5.56 Å². The van der Waals surface area contributed by atoms with Crippen LogP contribution in [0.4, 0.5) is 5.69 Å². The van der Waals surface area contributed by atoms with E-state index in [-0.39, 0.29) is 5.56 Å². The number of nitrogens with one attached hydrogen (secondary N) is 2.